The second-order valence-corrected chi connectivity index (χ2v) is 6.40. The third-order valence-electron chi connectivity index (χ3n) is 4.12. The van der Waals surface area contributed by atoms with Gasteiger partial charge in [0.2, 0.25) is 11.8 Å². The maximum Gasteiger partial charge on any atom is 0.327 e. The zero-order chi connectivity index (χ0) is 19.8. The standard InChI is InChI=1S/C14H18F2N5O5P/c1-4-24-9-7-8(19-12(17)20-9)21(6-18-7)11-13(2,15)10(26-27-22)14(16,25-11)5-23-3/h6,10-11H,4-5H2,1-3H3,(H2,17,19,20)/t10-,11+,13+,14+/m0/s1. The highest BCUT2D eigenvalue weighted by Crippen LogP contribution is 2.51. The van der Waals surface area contributed by atoms with Gasteiger partial charge in [0, 0.05) is 7.11 Å². The first kappa shape index (κ1) is 19.7. The number of halogens is 2. The van der Waals surface area contributed by atoms with Crippen molar-refractivity contribution in [2.75, 3.05) is 26.1 Å². The van der Waals surface area contributed by atoms with Crippen LogP contribution in [0, 0.1) is 0 Å². The first-order chi connectivity index (χ1) is 12.8. The molecule has 0 unspecified atom stereocenters. The van der Waals surface area contributed by atoms with Gasteiger partial charge in [-0.1, -0.05) is 0 Å². The van der Waals surface area contributed by atoms with E-state index in [4.69, 9.17) is 24.5 Å². The fourth-order valence-electron chi connectivity index (χ4n) is 3.09. The van der Waals surface area contributed by atoms with E-state index < -0.39 is 39.1 Å². The van der Waals surface area contributed by atoms with Crippen LogP contribution < -0.4 is 10.5 Å². The van der Waals surface area contributed by atoms with Crippen LogP contribution in [0.2, 0.25) is 0 Å². The molecule has 2 aromatic heterocycles. The van der Waals surface area contributed by atoms with Crippen molar-refractivity contribution in [3.05, 3.63) is 6.33 Å². The summed E-state index contributed by atoms with van der Waals surface area (Å²) in [5.41, 5.74) is 3.52. The molecule has 1 aliphatic rings. The molecule has 4 atom stereocenters. The van der Waals surface area contributed by atoms with Crippen LogP contribution in [0.5, 0.6) is 5.88 Å². The average molecular weight is 405 g/mol. The van der Waals surface area contributed by atoms with Gasteiger partial charge < -0.3 is 19.9 Å². The van der Waals surface area contributed by atoms with Crippen LogP contribution in [-0.4, -0.2) is 57.5 Å². The molecule has 13 heteroatoms. The van der Waals surface area contributed by atoms with Gasteiger partial charge in [0.25, 0.3) is 5.85 Å². The number of imidazole rings is 1. The minimum Gasteiger partial charge on any atom is -0.476 e. The number of fused-ring (bicyclic) bond motifs is 1. The second-order valence-electron chi connectivity index (χ2n) is 6.04. The summed E-state index contributed by atoms with van der Waals surface area (Å²) in [6.45, 7) is 2.45. The lowest BCUT2D eigenvalue weighted by atomic mass is 9.97. The van der Waals surface area contributed by atoms with E-state index in [-0.39, 0.29) is 23.0 Å². The molecule has 148 valence electrons. The number of nitrogens with two attached hydrogens (primary N) is 1. The molecular formula is C14H18F2N5O5P. The monoisotopic (exact) mass is 405 g/mol. The molecule has 0 aromatic carbocycles. The molecule has 27 heavy (non-hydrogen) atoms. The van der Waals surface area contributed by atoms with E-state index in [9.17, 15) is 4.57 Å². The van der Waals surface area contributed by atoms with E-state index in [2.05, 4.69) is 15.0 Å². The molecular weight excluding hydrogens is 387 g/mol. The number of ether oxygens (including phenoxy) is 3. The third-order valence-corrected chi connectivity index (χ3v) is 4.42. The number of nitrogens with zero attached hydrogens (tertiary/aromatic N) is 4. The molecule has 0 aliphatic carbocycles. The third kappa shape index (κ3) is 3.22. The van der Waals surface area contributed by atoms with Gasteiger partial charge in [0.05, 0.1) is 12.9 Å². The average Bonchev–Trinajstić information content (AvgIpc) is 3.08. The molecule has 0 amide bonds. The van der Waals surface area contributed by atoms with Gasteiger partial charge in [-0.3, -0.25) is 9.09 Å². The van der Waals surface area contributed by atoms with Gasteiger partial charge in [-0.15, -0.1) is 0 Å². The number of hydrogen-bond donors (Lipinski definition) is 1. The molecule has 0 spiro atoms. The van der Waals surface area contributed by atoms with Crippen molar-refractivity contribution < 1.29 is 32.1 Å². The van der Waals surface area contributed by atoms with Crippen LogP contribution in [0.3, 0.4) is 0 Å². The Balaban J connectivity index is 2.11. The topological polar surface area (TPSA) is 124 Å². The normalized spacial score (nSPS) is 31.0. The molecule has 10 nitrogen and oxygen atoms in total. The lowest BCUT2D eigenvalue weighted by Crippen LogP contribution is -2.47. The summed E-state index contributed by atoms with van der Waals surface area (Å²) in [4.78, 5) is 12.1. The van der Waals surface area contributed by atoms with Crippen molar-refractivity contribution in [2.24, 2.45) is 0 Å². The summed E-state index contributed by atoms with van der Waals surface area (Å²) >= 11 is 0. The number of nitrogen functional groups attached to an aromatic ring is 1. The zero-order valence-electron chi connectivity index (χ0n) is 14.8. The molecule has 0 bridgehead atoms. The van der Waals surface area contributed by atoms with Crippen molar-refractivity contribution >= 4 is 25.8 Å². The predicted molar refractivity (Wildman–Crippen MR) is 88.7 cm³/mol. The molecule has 3 heterocycles. The number of rotatable bonds is 7. The maximum atomic E-state index is 15.5. The Morgan fingerprint density at radius 3 is 2.81 bits per heavy atom. The Labute approximate surface area is 154 Å². The summed E-state index contributed by atoms with van der Waals surface area (Å²) in [6, 6.07) is 0. The molecule has 1 saturated heterocycles. The Kier molecular flexibility index (Phi) is 5.26. The minimum atomic E-state index is -2.70. The Morgan fingerprint density at radius 2 is 2.19 bits per heavy atom. The van der Waals surface area contributed by atoms with E-state index in [1.165, 1.54) is 13.4 Å². The van der Waals surface area contributed by atoms with Crippen LogP contribution in [0.15, 0.2) is 6.33 Å². The second kappa shape index (κ2) is 7.19. The van der Waals surface area contributed by atoms with Crippen molar-refractivity contribution in [2.45, 2.75) is 37.7 Å². The largest absolute Gasteiger partial charge is 0.476 e. The van der Waals surface area contributed by atoms with Crippen LogP contribution in [0.25, 0.3) is 11.2 Å². The van der Waals surface area contributed by atoms with Crippen molar-refractivity contribution in [3.63, 3.8) is 0 Å². The summed E-state index contributed by atoms with van der Waals surface area (Å²) in [5.74, 6) is -2.73. The minimum absolute atomic E-state index is 0.0833. The van der Waals surface area contributed by atoms with Gasteiger partial charge in [0.1, 0.15) is 6.61 Å². The van der Waals surface area contributed by atoms with Gasteiger partial charge in [0.15, 0.2) is 29.2 Å². The summed E-state index contributed by atoms with van der Waals surface area (Å²) in [6.07, 6.45) is -2.19. The first-order valence-electron chi connectivity index (χ1n) is 7.94. The van der Waals surface area contributed by atoms with Gasteiger partial charge in [-0.05, 0) is 13.8 Å². The van der Waals surface area contributed by atoms with Crippen molar-refractivity contribution in [1.29, 1.82) is 0 Å². The van der Waals surface area contributed by atoms with E-state index in [0.717, 1.165) is 11.5 Å². The predicted octanol–water partition coefficient (Wildman–Crippen LogP) is 1.97. The van der Waals surface area contributed by atoms with Gasteiger partial charge >= 0.3 is 8.69 Å². The summed E-state index contributed by atoms with van der Waals surface area (Å²) in [5, 5.41) is 0. The summed E-state index contributed by atoms with van der Waals surface area (Å²) in [7, 11) is 0.313. The van der Waals surface area contributed by atoms with Crippen LogP contribution in [-0.2, 0) is 18.6 Å². The molecule has 0 radical (unpaired) electrons. The van der Waals surface area contributed by atoms with E-state index in [1.54, 1.807) is 6.92 Å². The number of hydrogen-bond acceptors (Lipinski definition) is 9. The highest BCUT2D eigenvalue weighted by atomic mass is 31.1. The smallest absolute Gasteiger partial charge is 0.327 e. The Morgan fingerprint density at radius 1 is 1.44 bits per heavy atom. The number of anilines is 1. The SMILES string of the molecule is CCOc1nc(N)nc2c1ncn2[C@@H]1O[C@](F)(COC)[C@@H](OP=O)[C@@]1(C)F. The Hall–Kier alpha value is -2.01. The van der Waals surface area contributed by atoms with Gasteiger partial charge in [-0.2, -0.15) is 9.97 Å². The fraction of sp³-hybridized carbons (Fsp3) is 0.643. The van der Waals surface area contributed by atoms with Crippen molar-refractivity contribution in [1.82, 2.24) is 19.5 Å². The van der Waals surface area contributed by atoms with Gasteiger partial charge in [-0.25, -0.2) is 18.3 Å². The lowest BCUT2D eigenvalue weighted by molar-refractivity contribution is -0.205. The quantitative estimate of drug-likeness (QED) is 0.689. The number of methoxy groups -OCH3 is 1. The number of aromatic nitrogens is 4. The lowest BCUT2D eigenvalue weighted by Gasteiger charge is -2.26. The highest BCUT2D eigenvalue weighted by molar-refractivity contribution is 7.17. The maximum absolute atomic E-state index is 15.5. The Bertz CT molecular complexity index is 853. The first-order valence-corrected chi connectivity index (χ1v) is 8.67. The summed E-state index contributed by atoms with van der Waals surface area (Å²) < 4.78 is 63.0. The van der Waals surface area contributed by atoms with Crippen molar-refractivity contribution in [3.8, 4) is 5.88 Å². The van der Waals surface area contributed by atoms with E-state index >= 15 is 8.78 Å². The molecule has 2 aromatic rings. The molecule has 2 N–H and O–H groups in total. The molecule has 3 rings (SSSR count). The fourth-order valence-corrected chi connectivity index (χ4v) is 3.54. The van der Waals surface area contributed by atoms with Crippen LogP contribution in [0.4, 0.5) is 14.7 Å². The highest BCUT2D eigenvalue weighted by Gasteiger charge is 2.66. The molecule has 1 fully saturated rings. The van der Waals surface area contributed by atoms with Crippen LogP contribution >= 0.6 is 8.69 Å². The van der Waals surface area contributed by atoms with Crippen LogP contribution in [0.1, 0.15) is 20.1 Å². The number of alkyl halides is 2. The van der Waals surface area contributed by atoms with E-state index in [1.807, 2.05) is 0 Å². The van der Waals surface area contributed by atoms with E-state index in [0.29, 0.717) is 6.61 Å². The zero-order valence-corrected chi connectivity index (χ0v) is 15.7. The molecule has 1 aliphatic heterocycles. The molecule has 0 saturated carbocycles.